The maximum absolute atomic E-state index is 11.9. The van der Waals surface area contributed by atoms with Gasteiger partial charge in [-0.25, -0.2) is 9.67 Å². The molecule has 0 saturated carbocycles. The molecular formula is C23H25N7O. The number of benzene rings is 1. The van der Waals surface area contributed by atoms with E-state index >= 15 is 0 Å². The number of Topliss-reactive ketones (excluding diaryl/α,β-unsaturated/α-hetero) is 1. The van der Waals surface area contributed by atoms with Crippen LogP contribution < -0.4 is 5.32 Å². The molecule has 0 radical (unpaired) electrons. The Morgan fingerprint density at radius 2 is 2.06 bits per heavy atom. The van der Waals surface area contributed by atoms with Gasteiger partial charge in [0.1, 0.15) is 0 Å². The Morgan fingerprint density at radius 1 is 1.23 bits per heavy atom. The van der Waals surface area contributed by atoms with Crippen LogP contribution in [-0.2, 0) is 6.54 Å². The Kier molecular flexibility index (Phi) is 4.99. The number of ketones is 1. The molecule has 0 unspecified atom stereocenters. The third-order valence-electron chi connectivity index (χ3n) is 5.79. The zero-order chi connectivity index (χ0) is 21.4. The van der Waals surface area contributed by atoms with Crippen molar-refractivity contribution in [2.24, 2.45) is 0 Å². The largest absolute Gasteiger partial charge is 0.360 e. The number of carbonyl (C=O) groups excluding carboxylic acids is 1. The van der Waals surface area contributed by atoms with Crippen molar-refractivity contribution < 1.29 is 4.79 Å². The molecule has 1 saturated heterocycles. The average Bonchev–Trinajstić information content (AvgIpc) is 3.49. The first-order valence-corrected chi connectivity index (χ1v) is 10.6. The van der Waals surface area contributed by atoms with Crippen LogP contribution in [0.25, 0.3) is 16.7 Å². The fourth-order valence-electron chi connectivity index (χ4n) is 4.11. The Bertz CT molecular complexity index is 1250. The molecule has 0 bridgehead atoms. The van der Waals surface area contributed by atoms with Crippen LogP contribution in [0, 0.1) is 6.92 Å². The van der Waals surface area contributed by atoms with Gasteiger partial charge in [0.05, 0.1) is 5.69 Å². The number of nitrogens with one attached hydrogen (secondary N) is 2. The Balaban J connectivity index is 1.39. The van der Waals surface area contributed by atoms with Gasteiger partial charge < -0.3 is 10.3 Å². The number of aryl methyl sites for hydroxylation is 1. The number of hydrogen-bond acceptors (Lipinski definition) is 6. The summed E-state index contributed by atoms with van der Waals surface area (Å²) in [5.74, 6) is 1.21. The SMILES string of the molecule is CC(=O)c1c[nH]c2ccc(Nc3nccc(-n4cc(CN5CCCC5)c(C)n4)n3)cc12. The summed E-state index contributed by atoms with van der Waals surface area (Å²) in [6.45, 7) is 6.85. The molecule has 1 aliphatic rings. The minimum absolute atomic E-state index is 0.0282. The number of rotatable bonds is 6. The number of nitrogens with zero attached hydrogens (tertiary/aromatic N) is 5. The molecular weight excluding hydrogens is 390 g/mol. The van der Waals surface area contributed by atoms with Gasteiger partial charge in [-0.1, -0.05) is 0 Å². The Morgan fingerprint density at radius 3 is 2.87 bits per heavy atom. The summed E-state index contributed by atoms with van der Waals surface area (Å²) < 4.78 is 1.82. The van der Waals surface area contributed by atoms with Crippen molar-refractivity contribution in [3.63, 3.8) is 0 Å². The van der Waals surface area contributed by atoms with E-state index in [1.165, 1.54) is 18.4 Å². The predicted octanol–water partition coefficient (Wildman–Crippen LogP) is 3.99. The molecule has 0 atom stereocenters. The van der Waals surface area contributed by atoms with Crippen LogP contribution >= 0.6 is 0 Å². The number of fused-ring (bicyclic) bond motifs is 1. The molecule has 0 amide bonds. The molecule has 8 nitrogen and oxygen atoms in total. The predicted molar refractivity (Wildman–Crippen MR) is 120 cm³/mol. The lowest BCUT2D eigenvalue weighted by Crippen LogP contribution is -2.18. The highest BCUT2D eigenvalue weighted by Crippen LogP contribution is 2.24. The van der Waals surface area contributed by atoms with Gasteiger partial charge in [-0.15, -0.1) is 0 Å². The van der Waals surface area contributed by atoms with Crippen molar-refractivity contribution in [3.05, 3.63) is 59.7 Å². The number of aromatic nitrogens is 5. The van der Waals surface area contributed by atoms with Crippen molar-refractivity contribution in [2.45, 2.75) is 33.2 Å². The minimum atomic E-state index is 0.0282. The zero-order valence-corrected chi connectivity index (χ0v) is 17.7. The topological polar surface area (TPSA) is 91.7 Å². The highest BCUT2D eigenvalue weighted by atomic mass is 16.1. The second-order valence-corrected chi connectivity index (χ2v) is 8.05. The van der Waals surface area contributed by atoms with Gasteiger partial charge >= 0.3 is 0 Å². The molecule has 8 heteroatoms. The molecule has 31 heavy (non-hydrogen) atoms. The number of likely N-dealkylation sites (tertiary alicyclic amines) is 1. The van der Waals surface area contributed by atoms with Crippen molar-refractivity contribution in [3.8, 4) is 5.82 Å². The van der Waals surface area contributed by atoms with Gasteiger partial charge in [0.2, 0.25) is 5.95 Å². The second kappa shape index (κ2) is 7.96. The molecule has 4 aromatic rings. The van der Waals surface area contributed by atoms with Crippen molar-refractivity contribution >= 4 is 28.3 Å². The molecule has 1 aromatic carbocycles. The van der Waals surface area contributed by atoms with Gasteiger partial charge in [0.25, 0.3) is 0 Å². The van der Waals surface area contributed by atoms with Gasteiger partial charge in [-0.2, -0.15) is 10.1 Å². The molecule has 5 rings (SSSR count). The molecule has 1 fully saturated rings. The first-order valence-electron chi connectivity index (χ1n) is 10.6. The molecule has 158 valence electrons. The van der Waals surface area contributed by atoms with Crippen LogP contribution in [0.4, 0.5) is 11.6 Å². The standard InChI is InChI=1S/C23H25N7O/c1-15-17(13-29-9-3-4-10-29)14-30(28-15)22-7-8-24-23(27-22)26-18-5-6-21-19(11-18)20(12-25-21)16(2)31/h5-8,11-12,14,25H,3-4,9-10,13H2,1-2H3,(H,24,26,27). The number of carbonyl (C=O) groups is 1. The summed E-state index contributed by atoms with van der Waals surface area (Å²) >= 11 is 0. The van der Waals surface area contributed by atoms with Crippen LogP contribution in [0.3, 0.4) is 0 Å². The van der Waals surface area contributed by atoms with E-state index in [0.717, 1.165) is 41.9 Å². The lowest BCUT2D eigenvalue weighted by molar-refractivity contribution is 0.101. The second-order valence-electron chi connectivity index (χ2n) is 8.05. The van der Waals surface area contributed by atoms with Crippen LogP contribution in [0.2, 0.25) is 0 Å². The number of hydrogen-bond donors (Lipinski definition) is 2. The number of H-pyrrole nitrogens is 1. The lowest BCUT2D eigenvalue weighted by atomic mass is 10.1. The van der Waals surface area contributed by atoms with E-state index in [4.69, 9.17) is 0 Å². The maximum atomic E-state index is 11.9. The van der Waals surface area contributed by atoms with E-state index < -0.39 is 0 Å². The fourth-order valence-corrected chi connectivity index (χ4v) is 4.11. The number of aromatic amines is 1. The van der Waals surface area contributed by atoms with Gasteiger partial charge in [-0.05, 0) is 58.0 Å². The van der Waals surface area contributed by atoms with Crippen LogP contribution in [0.15, 0.2) is 42.9 Å². The molecule has 3 aromatic heterocycles. The van der Waals surface area contributed by atoms with Gasteiger partial charge in [0, 0.05) is 58.9 Å². The summed E-state index contributed by atoms with van der Waals surface area (Å²) in [6.07, 6.45) is 8.07. The van der Waals surface area contributed by atoms with Gasteiger partial charge in [0.15, 0.2) is 11.6 Å². The summed E-state index contributed by atoms with van der Waals surface area (Å²) in [5.41, 5.74) is 4.66. The van der Waals surface area contributed by atoms with E-state index in [0.29, 0.717) is 17.3 Å². The van der Waals surface area contributed by atoms with E-state index in [1.54, 1.807) is 19.3 Å². The minimum Gasteiger partial charge on any atom is -0.360 e. The van der Waals surface area contributed by atoms with Gasteiger partial charge in [-0.3, -0.25) is 9.69 Å². The first-order chi connectivity index (χ1) is 15.1. The highest BCUT2D eigenvalue weighted by molar-refractivity contribution is 6.07. The van der Waals surface area contributed by atoms with E-state index in [1.807, 2.05) is 35.9 Å². The van der Waals surface area contributed by atoms with E-state index in [-0.39, 0.29) is 5.78 Å². The van der Waals surface area contributed by atoms with Crippen molar-refractivity contribution in [1.82, 2.24) is 29.6 Å². The summed E-state index contributed by atoms with van der Waals surface area (Å²) in [5, 5.41) is 8.79. The fraction of sp³-hybridized carbons (Fsp3) is 0.304. The van der Waals surface area contributed by atoms with E-state index in [9.17, 15) is 4.79 Å². The monoisotopic (exact) mass is 415 g/mol. The van der Waals surface area contributed by atoms with Crippen LogP contribution in [-0.4, -0.2) is 48.5 Å². The summed E-state index contributed by atoms with van der Waals surface area (Å²) in [4.78, 5) is 26.4. The molecule has 0 spiro atoms. The summed E-state index contributed by atoms with van der Waals surface area (Å²) in [6, 6.07) is 7.66. The summed E-state index contributed by atoms with van der Waals surface area (Å²) in [7, 11) is 0. The average molecular weight is 416 g/mol. The van der Waals surface area contributed by atoms with E-state index in [2.05, 4.69) is 36.5 Å². The number of anilines is 2. The third-order valence-corrected chi connectivity index (χ3v) is 5.79. The molecule has 2 N–H and O–H groups in total. The quantitative estimate of drug-likeness (QED) is 0.463. The van der Waals surface area contributed by atoms with Crippen molar-refractivity contribution in [1.29, 1.82) is 0 Å². The van der Waals surface area contributed by atoms with Crippen LogP contribution in [0.1, 0.15) is 41.4 Å². The zero-order valence-electron chi connectivity index (χ0n) is 17.7. The van der Waals surface area contributed by atoms with Crippen molar-refractivity contribution in [2.75, 3.05) is 18.4 Å². The smallest absolute Gasteiger partial charge is 0.229 e. The first kappa shape index (κ1) is 19.4. The Hall–Kier alpha value is -3.52. The lowest BCUT2D eigenvalue weighted by Gasteiger charge is -2.13. The maximum Gasteiger partial charge on any atom is 0.229 e. The molecule has 0 aliphatic carbocycles. The molecule has 4 heterocycles. The normalized spacial score (nSPS) is 14.4. The highest BCUT2D eigenvalue weighted by Gasteiger charge is 2.16. The van der Waals surface area contributed by atoms with Crippen LogP contribution in [0.5, 0.6) is 0 Å². The molecule has 1 aliphatic heterocycles. The Labute approximate surface area is 180 Å². The third kappa shape index (κ3) is 3.94.